The van der Waals surface area contributed by atoms with Crippen LogP contribution in [0.25, 0.3) is 0 Å². The van der Waals surface area contributed by atoms with Gasteiger partial charge in [0.2, 0.25) is 0 Å². The van der Waals surface area contributed by atoms with Crippen LogP contribution >= 0.6 is 0 Å². The number of rotatable bonds is 5. The van der Waals surface area contributed by atoms with Crippen LogP contribution in [0.4, 0.5) is 5.69 Å². The molecule has 1 atom stereocenters. The summed E-state index contributed by atoms with van der Waals surface area (Å²) in [5.74, 6) is 1.71. The van der Waals surface area contributed by atoms with Crippen LogP contribution in [0.2, 0.25) is 0 Å². The molecular weight excluding hydrogens is 248 g/mol. The van der Waals surface area contributed by atoms with Crippen LogP contribution in [-0.2, 0) is 0 Å². The summed E-state index contributed by atoms with van der Waals surface area (Å²) in [6.07, 6.45) is 0. The second-order valence-electron chi connectivity index (χ2n) is 5.07. The second-order valence-corrected chi connectivity index (χ2v) is 5.07. The number of benzene rings is 2. The van der Waals surface area contributed by atoms with Gasteiger partial charge in [-0.1, -0.05) is 18.2 Å². The predicted octanol–water partition coefficient (Wildman–Crippen LogP) is 3.83. The lowest BCUT2D eigenvalue weighted by molar-refractivity contribution is 0.482. The van der Waals surface area contributed by atoms with Crippen molar-refractivity contribution in [1.82, 2.24) is 5.32 Å². The molecule has 0 saturated heterocycles. The molecule has 0 saturated carbocycles. The van der Waals surface area contributed by atoms with E-state index in [1.165, 1.54) is 5.56 Å². The van der Waals surface area contributed by atoms with E-state index in [0.717, 1.165) is 17.2 Å². The first-order valence-corrected chi connectivity index (χ1v) is 6.82. The molecule has 1 N–H and O–H groups in total. The molecular formula is C17H22N2O. The molecule has 0 aliphatic carbocycles. The van der Waals surface area contributed by atoms with Crippen LogP contribution in [0.1, 0.15) is 18.5 Å². The standard InChI is InChI=1S/C17H22N2O/c1-13(18-2)14-8-10-16(11-9-14)20-17-7-5-6-15(12-17)19(3)4/h5-13,18H,1-4H3. The van der Waals surface area contributed by atoms with Gasteiger partial charge >= 0.3 is 0 Å². The Kier molecular flexibility index (Phi) is 4.64. The number of nitrogens with zero attached hydrogens (tertiary/aromatic N) is 1. The first-order chi connectivity index (χ1) is 9.60. The Bertz CT molecular complexity index is 549. The lowest BCUT2D eigenvalue weighted by Crippen LogP contribution is -2.11. The van der Waals surface area contributed by atoms with Crippen LogP contribution in [0.15, 0.2) is 48.5 Å². The van der Waals surface area contributed by atoms with E-state index in [9.17, 15) is 0 Å². The zero-order valence-electron chi connectivity index (χ0n) is 12.6. The van der Waals surface area contributed by atoms with Gasteiger partial charge in [-0.05, 0) is 43.8 Å². The van der Waals surface area contributed by atoms with Gasteiger partial charge in [0.1, 0.15) is 11.5 Å². The van der Waals surface area contributed by atoms with E-state index in [0.29, 0.717) is 6.04 Å². The molecule has 1 unspecified atom stereocenters. The molecule has 0 spiro atoms. The van der Waals surface area contributed by atoms with Gasteiger partial charge in [0.15, 0.2) is 0 Å². The average molecular weight is 270 g/mol. The molecule has 3 heteroatoms. The Morgan fingerprint density at radius 2 is 1.70 bits per heavy atom. The smallest absolute Gasteiger partial charge is 0.129 e. The molecule has 2 aromatic rings. The van der Waals surface area contributed by atoms with Crippen molar-refractivity contribution in [3.63, 3.8) is 0 Å². The Morgan fingerprint density at radius 1 is 1.00 bits per heavy atom. The van der Waals surface area contributed by atoms with Crippen molar-refractivity contribution >= 4 is 5.69 Å². The molecule has 0 fully saturated rings. The largest absolute Gasteiger partial charge is 0.457 e. The van der Waals surface area contributed by atoms with Crippen molar-refractivity contribution in [1.29, 1.82) is 0 Å². The number of anilines is 1. The van der Waals surface area contributed by atoms with Crippen molar-refractivity contribution in [2.45, 2.75) is 13.0 Å². The summed E-state index contributed by atoms with van der Waals surface area (Å²) in [4.78, 5) is 2.06. The van der Waals surface area contributed by atoms with Crippen LogP contribution in [0, 0.1) is 0 Å². The van der Waals surface area contributed by atoms with Gasteiger partial charge in [-0.2, -0.15) is 0 Å². The number of nitrogens with one attached hydrogen (secondary N) is 1. The monoisotopic (exact) mass is 270 g/mol. The topological polar surface area (TPSA) is 24.5 Å². The summed E-state index contributed by atoms with van der Waals surface area (Å²) in [6.45, 7) is 2.14. The van der Waals surface area contributed by atoms with Crippen molar-refractivity contribution < 1.29 is 4.74 Å². The van der Waals surface area contributed by atoms with Crippen molar-refractivity contribution in [3.8, 4) is 11.5 Å². The summed E-state index contributed by atoms with van der Waals surface area (Å²) < 4.78 is 5.89. The van der Waals surface area contributed by atoms with E-state index in [1.807, 2.05) is 51.5 Å². The quantitative estimate of drug-likeness (QED) is 0.893. The number of ether oxygens (including phenoxy) is 1. The Balaban J connectivity index is 2.12. The summed E-state index contributed by atoms with van der Waals surface area (Å²) >= 11 is 0. The van der Waals surface area contributed by atoms with E-state index >= 15 is 0 Å². The van der Waals surface area contributed by atoms with Gasteiger partial charge in [-0.15, -0.1) is 0 Å². The molecule has 0 aromatic heterocycles. The summed E-state index contributed by atoms with van der Waals surface area (Å²) in [7, 11) is 6.00. The van der Waals surface area contributed by atoms with Gasteiger partial charge in [-0.25, -0.2) is 0 Å². The number of hydrogen-bond acceptors (Lipinski definition) is 3. The zero-order valence-corrected chi connectivity index (χ0v) is 12.6. The van der Waals surface area contributed by atoms with E-state index in [1.54, 1.807) is 0 Å². The average Bonchev–Trinajstić information content (AvgIpc) is 2.47. The molecule has 2 aromatic carbocycles. The van der Waals surface area contributed by atoms with Gasteiger partial charge in [-0.3, -0.25) is 0 Å². The minimum absolute atomic E-state index is 0.348. The lowest BCUT2D eigenvalue weighted by atomic mass is 10.1. The highest BCUT2D eigenvalue weighted by Crippen LogP contribution is 2.26. The van der Waals surface area contributed by atoms with Gasteiger partial charge < -0.3 is 15.0 Å². The number of hydrogen-bond donors (Lipinski definition) is 1. The fraction of sp³-hybridized carbons (Fsp3) is 0.294. The molecule has 0 bridgehead atoms. The zero-order chi connectivity index (χ0) is 14.5. The fourth-order valence-electron chi connectivity index (χ4n) is 1.95. The Hall–Kier alpha value is -2.00. The van der Waals surface area contributed by atoms with Crippen LogP contribution < -0.4 is 15.0 Å². The summed E-state index contributed by atoms with van der Waals surface area (Å²) in [5.41, 5.74) is 2.38. The summed E-state index contributed by atoms with van der Waals surface area (Å²) in [5, 5.41) is 3.22. The molecule has 0 amide bonds. The molecule has 2 rings (SSSR count). The minimum atomic E-state index is 0.348. The summed E-state index contributed by atoms with van der Waals surface area (Å²) in [6, 6.07) is 16.6. The molecule has 0 heterocycles. The lowest BCUT2D eigenvalue weighted by Gasteiger charge is -2.14. The third-order valence-corrected chi connectivity index (χ3v) is 3.38. The maximum absolute atomic E-state index is 5.89. The van der Waals surface area contributed by atoms with Crippen molar-refractivity contribution in [3.05, 3.63) is 54.1 Å². The molecule has 20 heavy (non-hydrogen) atoms. The highest BCUT2D eigenvalue weighted by molar-refractivity contribution is 5.50. The fourth-order valence-corrected chi connectivity index (χ4v) is 1.95. The maximum atomic E-state index is 5.89. The van der Waals surface area contributed by atoms with Gasteiger partial charge in [0.25, 0.3) is 0 Å². The van der Waals surface area contributed by atoms with E-state index in [4.69, 9.17) is 4.74 Å². The van der Waals surface area contributed by atoms with Crippen molar-refractivity contribution in [2.24, 2.45) is 0 Å². The van der Waals surface area contributed by atoms with Crippen molar-refractivity contribution in [2.75, 3.05) is 26.0 Å². The van der Waals surface area contributed by atoms with E-state index in [2.05, 4.69) is 35.3 Å². The van der Waals surface area contributed by atoms with Gasteiger partial charge in [0.05, 0.1) is 0 Å². The van der Waals surface area contributed by atoms with Crippen LogP contribution in [0.5, 0.6) is 11.5 Å². The normalized spacial score (nSPS) is 12.0. The molecule has 0 aliphatic rings. The molecule has 0 aliphatic heterocycles. The third kappa shape index (κ3) is 3.52. The van der Waals surface area contributed by atoms with E-state index in [-0.39, 0.29) is 0 Å². The van der Waals surface area contributed by atoms with Gasteiger partial charge in [0, 0.05) is 31.9 Å². The Labute approximate surface area is 121 Å². The van der Waals surface area contributed by atoms with E-state index < -0.39 is 0 Å². The highest BCUT2D eigenvalue weighted by atomic mass is 16.5. The van der Waals surface area contributed by atoms with Crippen LogP contribution in [0.3, 0.4) is 0 Å². The SMILES string of the molecule is CNC(C)c1ccc(Oc2cccc(N(C)C)c2)cc1. The highest BCUT2D eigenvalue weighted by Gasteiger charge is 2.04. The first-order valence-electron chi connectivity index (χ1n) is 6.82. The predicted molar refractivity (Wildman–Crippen MR) is 84.8 cm³/mol. The minimum Gasteiger partial charge on any atom is -0.457 e. The molecule has 3 nitrogen and oxygen atoms in total. The Morgan fingerprint density at radius 3 is 2.30 bits per heavy atom. The van der Waals surface area contributed by atoms with Crippen LogP contribution in [-0.4, -0.2) is 21.1 Å². The molecule has 106 valence electrons. The maximum Gasteiger partial charge on any atom is 0.129 e. The first kappa shape index (κ1) is 14.4. The third-order valence-electron chi connectivity index (χ3n) is 3.38. The second kappa shape index (κ2) is 6.44. The molecule has 0 radical (unpaired) electrons.